The van der Waals surface area contributed by atoms with Gasteiger partial charge in [-0.2, -0.15) is 0 Å². The van der Waals surface area contributed by atoms with Gasteiger partial charge in [-0.15, -0.1) is 11.3 Å². The predicted molar refractivity (Wildman–Crippen MR) is 79.8 cm³/mol. The predicted octanol–water partition coefficient (Wildman–Crippen LogP) is 3.77. The monoisotopic (exact) mass is 310 g/mol. The highest BCUT2D eigenvalue weighted by atomic mass is 79.9. The molecular weight excluding hydrogens is 296 g/mol. The molecule has 0 saturated heterocycles. The van der Waals surface area contributed by atoms with E-state index in [-0.39, 0.29) is 0 Å². The smallest absolute Gasteiger partial charge is 0.0598 e. The fourth-order valence-electron chi connectivity index (χ4n) is 1.73. The molecule has 0 radical (unpaired) electrons. The first-order chi connectivity index (χ1) is 8.16. The average molecular weight is 311 g/mol. The molecule has 1 heterocycles. The Balaban J connectivity index is 2.01. The molecule has 2 N–H and O–H groups in total. The maximum atomic E-state index is 6.00. The summed E-state index contributed by atoms with van der Waals surface area (Å²) in [5, 5.41) is 2.11. The summed E-state index contributed by atoms with van der Waals surface area (Å²) in [4.78, 5) is 3.61. The first-order valence-electron chi connectivity index (χ1n) is 5.45. The molecule has 2 aromatic rings. The van der Waals surface area contributed by atoms with Crippen molar-refractivity contribution in [3.05, 3.63) is 45.1 Å². The second-order valence-corrected chi connectivity index (χ2v) is 5.90. The van der Waals surface area contributed by atoms with Crippen LogP contribution in [-0.4, -0.2) is 13.6 Å². The van der Waals surface area contributed by atoms with Gasteiger partial charge >= 0.3 is 0 Å². The van der Waals surface area contributed by atoms with Crippen LogP contribution in [0, 0.1) is 0 Å². The third kappa shape index (κ3) is 3.23. The molecule has 1 aromatic carbocycles. The molecule has 0 unspecified atom stereocenters. The van der Waals surface area contributed by atoms with E-state index >= 15 is 0 Å². The molecule has 0 fully saturated rings. The van der Waals surface area contributed by atoms with Crippen molar-refractivity contribution in [1.29, 1.82) is 0 Å². The van der Waals surface area contributed by atoms with Crippen molar-refractivity contribution < 1.29 is 0 Å². The van der Waals surface area contributed by atoms with Gasteiger partial charge in [0.2, 0.25) is 0 Å². The molecule has 0 atom stereocenters. The fraction of sp³-hybridized carbons (Fsp3) is 0.231. The van der Waals surface area contributed by atoms with Crippen molar-refractivity contribution in [2.45, 2.75) is 6.42 Å². The summed E-state index contributed by atoms with van der Waals surface area (Å²) in [6.07, 6.45) is 1.06. The highest BCUT2D eigenvalue weighted by Crippen LogP contribution is 2.26. The minimum Gasteiger partial charge on any atom is -0.397 e. The molecule has 2 rings (SSSR count). The summed E-state index contributed by atoms with van der Waals surface area (Å²) in [7, 11) is 2.08. The number of likely N-dealkylation sites (N-methyl/N-ethyl adjacent to an activating group) is 1. The van der Waals surface area contributed by atoms with Gasteiger partial charge in [0.05, 0.1) is 11.4 Å². The number of nitrogens with zero attached hydrogens (tertiary/aromatic N) is 1. The van der Waals surface area contributed by atoms with E-state index in [2.05, 4.69) is 45.4 Å². The summed E-state index contributed by atoms with van der Waals surface area (Å²) in [6.45, 7) is 0.979. The van der Waals surface area contributed by atoms with Crippen LogP contribution >= 0.6 is 27.3 Å². The van der Waals surface area contributed by atoms with E-state index in [1.54, 1.807) is 11.3 Å². The zero-order chi connectivity index (χ0) is 12.3. The van der Waals surface area contributed by atoms with E-state index in [1.807, 2.05) is 18.2 Å². The number of benzene rings is 1. The molecule has 0 aliphatic rings. The molecule has 2 nitrogen and oxygen atoms in total. The lowest BCUT2D eigenvalue weighted by molar-refractivity contribution is 0.888. The molecule has 0 spiro atoms. The van der Waals surface area contributed by atoms with Gasteiger partial charge in [0.1, 0.15) is 0 Å². The zero-order valence-corrected chi connectivity index (χ0v) is 12.1. The topological polar surface area (TPSA) is 29.3 Å². The zero-order valence-electron chi connectivity index (χ0n) is 9.69. The molecule has 0 bridgehead atoms. The third-order valence-electron chi connectivity index (χ3n) is 2.67. The summed E-state index contributed by atoms with van der Waals surface area (Å²) in [5.74, 6) is 0. The van der Waals surface area contributed by atoms with Gasteiger partial charge in [-0.25, -0.2) is 0 Å². The molecule has 0 amide bonds. The normalized spacial score (nSPS) is 10.5. The SMILES string of the molecule is CN(CCc1cccs1)c1ccc(Br)cc1N. The fourth-order valence-corrected chi connectivity index (χ4v) is 2.80. The summed E-state index contributed by atoms with van der Waals surface area (Å²) in [5.41, 5.74) is 7.90. The summed E-state index contributed by atoms with van der Waals surface area (Å²) in [6, 6.07) is 10.3. The minimum atomic E-state index is 0.813. The van der Waals surface area contributed by atoms with E-state index in [0.29, 0.717) is 0 Å². The largest absolute Gasteiger partial charge is 0.397 e. The van der Waals surface area contributed by atoms with Crippen LogP contribution in [0.2, 0.25) is 0 Å². The van der Waals surface area contributed by atoms with Crippen molar-refractivity contribution in [3.63, 3.8) is 0 Å². The van der Waals surface area contributed by atoms with Gasteiger partial charge in [0.25, 0.3) is 0 Å². The molecule has 1 aromatic heterocycles. The van der Waals surface area contributed by atoms with Crippen LogP contribution in [0.4, 0.5) is 11.4 Å². The van der Waals surface area contributed by atoms with Gasteiger partial charge in [-0.3, -0.25) is 0 Å². The van der Waals surface area contributed by atoms with Gasteiger partial charge < -0.3 is 10.6 Å². The van der Waals surface area contributed by atoms with E-state index < -0.39 is 0 Å². The minimum absolute atomic E-state index is 0.813. The Morgan fingerprint density at radius 1 is 1.35 bits per heavy atom. The van der Waals surface area contributed by atoms with E-state index in [9.17, 15) is 0 Å². The summed E-state index contributed by atoms with van der Waals surface area (Å²) < 4.78 is 1.02. The highest BCUT2D eigenvalue weighted by Gasteiger charge is 2.06. The third-order valence-corrected chi connectivity index (χ3v) is 4.10. The highest BCUT2D eigenvalue weighted by molar-refractivity contribution is 9.10. The van der Waals surface area contributed by atoms with Crippen molar-refractivity contribution in [3.8, 4) is 0 Å². The number of nitrogens with two attached hydrogens (primary N) is 1. The number of hydrogen-bond acceptors (Lipinski definition) is 3. The number of rotatable bonds is 4. The second-order valence-electron chi connectivity index (χ2n) is 3.95. The second kappa shape index (κ2) is 5.56. The van der Waals surface area contributed by atoms with Gasteiger partial charge in [0.15, 0.2) is 0 Å². The lowest BCUT2D eigenvalue weighted by Gasteiger charge is -2.20. The molecule has 0 aliphatic heterocycles. The number of nitrogen functional groups attached to an aromatic ring is 1. The Hall–Kier alpha value is -1.00. The average Bonchev–Trinajstić information content (AvgIpc) is 2.78. The van der Waals surface area contributed by atoms with Crippen LogP contribution in [0.15, 0.2) is 40.2 Å². The van der Waals surface area contributed by atoms with Crippen LogP contribution in [0.1, 0.15) is 4.88 Å². The Morgan fingerprint density at radius 3 is 2.82 bits per heavy atom. The summed E-state index contributed by atoms with van der Waals surface area (Å²) >= 11 is 5.22. The van der Waals surface area contributed by atoms with Crippen molar-refractivity contribution in [2.24, 2.45) is 0 Å². The van der Waals surface area contributed by atoms with Crippen LogP contribution in [-0.2, 0) is 6.42 Å². The number of halogens is 1. The number of anilines is 2. The van der Waals surface area contributed by atoms with E-state index in [0.717, 1.165) is 28.8 Å². The molecule has 0 aliphatic carbocycles. The van der Waals surface area contributed by atoms with Crippen molar-refractivity contribution >= 4 is 38.6 Å². The van der Waals surface area contributed by atoms with Crippen molar-refractivity contribution in [1.82, 2.24) is 0 Å². The molecular formula is C13H15BrN2S. The number of thiophene rings is 1. The lowest BCUT2D eigenvalue weighted by Crippen LogP contribution is -2.21. The molecule has 90 valence electrons. The molecule has 17 heavy (non-hydrogen) atoms. The van der Waals surface area contributed by atoms with Crippen LogP contribution in [0.25, 0.3) is 0 Å². The Kier molecular flexibility index (Phi) is 4.07. The van der Waals surface area contributed by atoms with Crippen molar-refractivity contribution in [2.75, 3.05) is 24.2 Å². The first kappa shape index (κ1) is 12.5. The number of hydrogen-bond donors (Lipinski definition) is 1. The van der Waals surface area contributed by atoms with Crippen LogP contribution < -0.4 is 10.6 Å². The van der Waals surface area contributed by atoms with E-state index in [4.69, 9.17) is 5.73 Å². The first-order valence-corrected chi connectivity index (χ1v) is 7.12. The molecule has 0 saturated carbocycles. The lowest BCUT2D eigenvalue weighted by atomic mass is 10.2. The van der Waals surface area contributed by atoms with Gasteiger partial charge in [-0.1, -0.05) is 22.0 Å². The maximum Gasteiger partial charge on any atom is 0.0598 e. The standard InChI is InChI=1S/C13H15BrN2S/c1-16(7-6-11-3-2-8-17-11)13-5-4-10(14)9-12(13)15/h2-5,8-9H,6-7,15H2,1H3. The Bertz CT molecular complexity index is 482. The quantitative estimate of drug-likeness (QED) is 0.871. The van der Waals surface area contributed by atoms with Gasteiger partial charge in [0, 0.05) is 22.9 Å². The molecule has 4 heteroatoms. The van der Waals surface area contributed by atoms with E-state index in [1.165, 1.54) is 4.88 Å². The Morgan fingerprint density at radius 2 is 2.18 bits per heavy atom. The Labute approximate surface area is 114 Å². The maximum absolute atomic E-state index is 6.00. The van der Waals surface area contributed by atoms with Crippen LogP contribution in [0.5, 0.6) is 0 Å². The van der Waals surface area contributed by atoms with Gasteiger partial charge in [-0.05, 0) is 36.1 Å². The van der Waals surface area contributed by atoms with Crippen LogP contribution in [0.3, 0.4) is 0 Å².